The number of piperidine rings is 1. The number of rotatable bonds is 9. The predicted octanol–water partition coefficient (Wildman–Crippen LogP) is 7.50. The number of hydrogen-bond acceptors (Lipinski definition) is 5. The number of halogens is 1. The molecule has 1 saturated heterocycles. The summed E-state index contributed by atoms with van der Waals surface area (Å²) >= 11 is 1.52. The van der Waals surface area contributed by atoms with Crippen LogP contribution in [0.25, 0.3) is 0 Å². The van der Waals surface area contributed by atoms with Crippen LogP contribution in [-0.4, -0.2) is 39.8 Å². The third-order valence-electron chi connectivity index (χ3n) is 7.44. The van der Waals surface area contributed by atoms with Crippen LogP contribution < -0.4 is 0 Å². The Morgan fingerprint density at radius 1 is 0.976 bits per heavy atom. The number of nitrogens with zero attached hydrogens (tertiary/aromatic N) is 3. The highest BCUT2D eigenvalue weighted by molar-refractivity contribution is 7.99. The average Bonchev–Trinajstić information content (AvgIpc) is 2.99. The molecule has 0 aromatic heterocycles. The van der Waals surface area contributed by atoms with Crippen molar-refractivity contribution in [3.8, 4) is 0 Å². The molecule has 210 valence electrons. The van der Waals surface area contributed by atoms with Crippen LogP contribution in [0, 0.1) is 22.9 Å². The molecule has 1 amide bonds. The quantitative estimate of drug-likeness (QED) is 0.154. The molecule has 0 saturated carbocycles. The van der Waals surface area contributed by atoms with Gasteiger partial charge in [0.2, 0.25) is 0 Å². The molecule has 8 heteroatoms. The number of nitro benzene ring substituents is 1. The second kappa shape index (κ2) is 13.1. The molecule has 1 fully saturated rings. The van der Waals surface area contributed by atoms with Crippen molar-refractivity contribution in [2.45, 2.75) is 48.7 Å². The van der Waals surface area contributed by atoms with Crippen molar-refractivity contribution in [2.24, 2.45) is 0 Å². The summed E-state index contributed by atoms with van der Waals surface area (Å²) in [5, 5.41) is 11.7. The van der Waals surface area contributed by atoms with Crippen LogP contribution in [0.15, 0.2) is 107 Å². The van der Waals surface area contributed by atoms with Crippen LogP contribution in [0.1, 0.15) is 39.9 Å². The van der Waals surface area contributed by atoms with Crippen molar-refractivity contribution in [1.29, 1.82) is 0 Å². The molecule has 0 aliphatic carbocycles. The monoisotopic (exact) mass is 569 g/mol. The van der Waals surface area contributed by atoms with E-state index in [1.807, 2.05) is 54.3 Å². The second-order valence-corrected chi connectivity index (χ2v) is 11.5. The Kier molecular flexibility index (Phi) is 9.11. The van der Waals surface area contributed by atoms with Crippen LogP contribution in [0.2, 0.25) is 0 Å². The first-order valence-corrected chi connectivity index (χ1v) is 14.5. The normalized spacial score (nSPS) is 14.1. The maximum absolute atomic E-state index is 13.9. The Morgan fingerprint density at radius 2 is 1.66 bits per heavy atom. The van der Waals surface area contributed by atoms with Gasteiger partial charge in [-0.1, -0.05) is 59.8 Å². The van der Waals surface area contributed by atoms with Crippen LogP contribution in [0.4, 0.5) is 10.1 Å². The average molecular weight is 570 g/mol. The summed E-state index contributed by atoms with van der Waals surface area (Å²) in [6, 6.07) is 28.8. The Balaban J connectivity index is 1.42. The van der Waals surface area contributed by atoms with Crippen LogP contribution >= 0.6 is 11.8 Å². The molecular formula is C33H32FN3O3S. The van der Waals surface area contributed by atoms with Crippen molar-refractivity contribution in [1.82, 2.24) is 9.80 Å². The molecule has 4 aromatic rings. The third-order valence-corrected chi connectivity index (χ3v) is 8.57. The lowest BCUT2D eigenvalue weighted by Gasteiger charge is -2.39. The lowest BCUT2D eigenvalue weighted by atomic mass is 10.00. The molecule has 1 aliphatic heterocycles. The lowest BCUT2D eigenvalue weighted by molar-refractivity contribution is -0.385. The standard InChI is InChI=1S/C33H32FN3O3S/c1-24-7-14-31(15-8-24)41-32-16-13-30(37(39)40)21-27(32)23-36(33(38)26-9-11-28(34)12-10-26)29-17-19-35(20-18-29)22-25-5-3-2-4-6-25/h2-16,21,29H,17-20,22-23H2,1H3. The van der Waals surface area contributed by atoms with Gasteiger partial charge in [-0.15, -0.1) is 0 Å². The third kappa shape index (κ3) is 7.39. The highest BCUT2D eigenvalue weighted by atomic mass is 32.2. The van der Waals surface area contributed by atoms with E-state index < -0.39 is 10.7 Å². The van der Waals surface area contributed by atoms with Crippen LogP contribution in [0.3, 0.4) is 0 Å². The first-order valence-electron chi connectivity index (χ1n) is 13.7. The Bertz CT molecular complexity index is 1490. The molecular weight excluding hydrogens is 537 g/mol. The van der Waals surface area contributed by atoms with Gasteiger partial charge in [-0.2, -0.15) is 0 Å². The fourth-order valence-corrected chi connectivity index (χ4v) is 6.09. The van der Waals surface area contributed by atoms with Gasteiger partial charge in [0.25, 0.3) is 11.6 Å². The minimum atomic E-state index is -0.405. The summed E-state index contributed by atoms with van der Waals surface area (Å²) in [6.07, 6.45) is 1.55. The fourth-order valence-electron chi connectivity index (χ4n) is 5.18. The van der Waals surface area contributed by atoms with Gasteiger partial charge in [0.1, 0.15) is 5.82 Å². The van der Waals surface area contributed by atoms with Gasteiger partial charge in [0.15, 0.2) is 0 Å². The number of hydrogen-bond donors (Lipinski definition) is 0. The van der Waals surface area contributed by atoms with Gasteiger partial charge >= 0.3 is 0 Å². The summed E-state index contributed by atoms with van der Waals surface area (Å²) in [7, 11) is 0. The zero-order valence-electron chi connectivity index (χ0n) is 22.9. The highest BCUT2D eigenvalue weighted by Crippen LogP contribution is 2.35. The van der Waals surface area contributed by atoms with E-state index in [4.69, 9.17) is 0 Å². The minimum Gasteiger partial charge on any atom is -0.331 e. The molecule has 5 rings (SSSR count). The zero-order chi connectivity index (χ0) is 28.8. The number of nitro groups is 1. The number of carbonyl (C=O) groups is 1. The maximum atomic E-state index is 13.9. The van der Waals surface area contributed by atoms with E-state index in [1.165, 1.54) is 47.7 Å². The Labute approximate surface area is 244 Å². The number of aryl methyl sites for hydroxylation is 1. The molecule has 4 aromatic carbocycles. The van der Waals surface area contributed by atoms with Gasteiger partial charge in [-0.3, -0.25) is 19.8 Å². The Hall–Kier alpha value is -4.01. The zero-order valence-corrected chi connectivity index (χ0v) is 23.7. The first-order chi connectivity index (χ1) is 19.9. The maximum Gasteiger partial charge on any atom is 0.269 e. The van der Waals surface area contributed by atoms with Crippen molar-refractivity contribution >= 4 is 23.4 Å². The highest BCUT2D eigenvalue weighted by Gasteiger charge is 2.30. The number of benzene rings is 4. The SMILES string of the molecule is Cc1ccc(Sc2ccc([N+](=O)[O-])cc2CN(C(=O)c2ccc(F)cc2)C2CCN(Cc3ccccc3)CC2)cc1. The van der Waals surface area contributed by atoms with E-state index in [0.29, 0.717) is 11.1 Å². The number of amides is 1. The summed E-state index contributed by atoms with van der Waals surface area (Å²) in [6.45, 7) is 4.74. The van der Waals surface area contributed by atoms with Gasteiger partial charge < -0.3 is 4.90 Å². The number of likely N-dealkylation sites (tertiary alicyclic amines) is 1. The van der Waals surface area contributed by atoms with E-state index in [1.54, 1.807) is 12.1 Å². The summed E-state index contributed by atoms with van der Waals surface area (Å²) in [5.41, 5.74) is 3.50. The number of carbonyl (C=O) groups excluding carboxylic acids is 1. The van der Waals surface area contributed by atoms with E-state index in [0.717, 1.165) is 47.8 Å². The fraction of sp³-hybridized carbons (Fsp3) is 0.242. The van der Waals surface area contributed by atoms with E-state index in [-0.39, 0.29) is 24.2 Å². The molecule has 0 atom stereocenters. The van der Waals surface area contributed by atoms with Crippen molar-refractivity contribution in [3.05, 3.63) is 135 Å². The van der Waals surface area contributed by atoms with Crippen LogP contribution in [-0.2, 0) is 13.1 Å². The van der Waals surface area contributed by atoms with Gasteiger partial charge in [-0.05, 0) is 73.4 Å². The summed E-state index contributed by atoms with van der Waals surface area (Å²) in [5.74, 6) is -0.609. The lowest BCUT2D eigenvalue weighted by Crippen LogP contribution is -2.47. The van der Waals surface area contributed by atoms with Crippen molar-refractivity contribution < 1.29 is 14.1 Å². The predicted molar refractivity (Wildman–Crippen MR) is 159 cm³/mol. The molecule has 0 bridgehead atoms. The topological polar surface area (TPSA) is 66.7 Å². The second-order valence-electron chi connectivity index (χ2n) is 10.4. The van der Waals surface area contributed by atoms with Gasteiger partial charge in [-0.25, -0.2) is 4.39 Å². The molecule has 0 N–H and O–H groups in total. The van der Waals surface area contributed by atoms with Crippen molar-refractivity contribution in [2.75, 3.05) is 13.1 Å². The molecule has 1 heterocycles. The number of non-ortho nitro benzene ring substituents is 1. The smallest absolute Gasteiger partial charge is 0.269 e. The van der Waals surface area contributed by atoms with E-state index in [9.17, 15) is 19.3 Å². The molecule has 41 heavy (non-hydrogen) atoms. The molecule has 0 spiro atoms. The molecule has 0 unspecified atom stereocenters. The van der Waals surface area contributed by atoms with Gasteiger partial charge in [0, 0.05) is 59.7 Å². The summed E-state index contributed by atoms with van der Waals surface area (Å²) in [4.78, 5) is 31.3. The van der Waals surface area contributed by atoms with E-state index >= 15 is 0 Å². The largest absolute Gasteiger partial charge is 0.331 e. The Morgan fingerprint density at radius 3 is 2.32 bits per heavy atom. The minimum absolute atomic E-state index is 0.0138. The van der Waals surface area contributed by atoms with E-state index in [2.05, 4.69) is 17.0 Å². The van der Waals surface area contributed by atoms with Gasteiger partial charge in [0.05, 0.1) is 4.92 Å². The first kappa shape index (κ1) is 28.5. The van der Waals surface area contributed by atoms with Crippen molar-refractivity contribution in [3.63, 3.8) is 0 Å². The molecule has 1 aliphatic rings. The van der Waals surface area contributed by atoms with Crippen LogP contribution in [0.5, 0.6) is 0 Å². The molecule has 0 radical (unpaired) electrons. The summed E-state index contributed by atoms with van der Waals surface area (Å²) < 4.78 is 13.7. The molecule has 6 nitrogen and oxygen atoms in total.